The molecule has 3 amide bonds. The van der Waals surface area contributed by atoms with Crippen molar-refractivity contribution in [3.8, 4) is 0 Å². The molecule has 2 aliphatic heterocycles. The molecule has 3 rings (SSSR count). The van der Waals surface area contributed by atoms with Crippen molar-refractivity contribution in [2.45, 2.75) is 51.6 Å². The molecule has 1 aromatic heterocycles. The molecule has 1 N–H and O–H groups in total. The van der Waals surface area contributed by atoms with E-state index < -0.39 is 0 Å². The summed E-state index contributed by atoms with van der Waals surface area (Å²) in [5.74, 6) is -0.365. The topological polar surface area (TPSA) is 82.6 Å². The van der Waals surface area contributed by atoms with Crippen molar-refractivity contribution in [1.82, 2.24) is 20.1 Å². The van der Waals surface area contributed by atoms with Crippen molar-refractivity contribution in [1.29, 1.82) is 0 Å². The highest BCUT2D eigenvalue weighted by Crippen LogP contribution is 2.26. The molecule has 2 fully saturated rings. The summed E-state index contributed by atoms with van der Waals surface area (Å²) in [6, 6.07) is 5.35. The van der Waals surface area contributed by atoms with Crippen LogP contribution in [0.5, 0.6) is 0 Å². The van der Waals surface area contributed by atoms with E-state index in [0.717, 1.165) is 0 Å². The van der Waals surface area contributed by atoms with Crippen molar-refractivity contribution in [3.63, 3.8) is 0 Å². The number of rotatable bonds is 3. The van der Waals surface area contributed by atoms with Gasteiger partial charge in [0, 0.05) is 43.8 Å². The SMILES string of the molecule is CC(C)(C)N1CC(C(=O)NC2CCN(C(=O)c3ccccn3)CC2)CC1=O. The zero-order valence-corrected chi connectivity index (χ0v) is 16.3. The third-order valence-electron chi connectivity index (χ3n) is 5.32. The second-order valence-electron chi connectivity index (χ2n) is 8.37. The van der Waals surface area contributed by atoms with Crippen LogP contribution >= 0.6 is 0 Å². The summed E-state index contributed by atoms with van der Waals surface area (Å²) in [4.78, 5) is 44.9. The lowest BCUT2D eigenvalue weighted by atomic mass is 10.0. The van der Waals surface area contributed by atoms with Crippen LogP contribution in [0, 0.1) is 5.92 Å². The summed E-state index contributed by atoms with van der Waals surface area (Å²) in [7, 11) is 0. The zero-order valence-electron chi connectivity index (χ0n) is 16.3. The fraction of sp³-hybridized carbons (Fsp3) is 0.600. The summed E-state index contributed by atoms with van der Waals surface area (Å²) in [6.07, 6.45) is 3.33. The molecule has 1 aromatic rings. The van der Waals surface area contributed by atoms with Gasteiger partial charge in [-0.25, -0.2) is 0 Å². The Bertz CT molecular complexity index is 706. The lowest BCUT2D eigenvalue weighted by molar-refractivity contribution is -0.132. The minimum atomic E-state index is -0.287. The number of pyridine rings is 1. The van der Waals surface area contributed by atoms with Gasteiger partial charge < -0.3 is 15.1 Å². The smallest absolute Gasteiger partial charge is 0.272 e. The van der Waals surface area contributed by atoms with E-state index in [2.05, 4.69) is 10.3 Å². The number of aromatic nitrogens is 1. The number of nitrogens with one attached hydrogen (secondary N) is 1. The van der Waals surface area contributed by atoms with Crippen LogP contribution in [0.25, 0.3) is 0 Å². The van der Waals surface area contributed by atoms with Gasteiger partial charge in [0.25, 0.3) is 5.91 Å². The number of carbonyl (C=O) groups excluding carboxylic acids is 3. The minimum Gasteiger partial charge on any atom is -0.353 e. The highest BCUT2D eigenvalue weighted by Gasteiger charge is 2.40. The molecule has 27 heavy (non-hydrogen) atoms. The standard InChI is InChI=1S/C20H28N4O3/c1-20(2,3)24-13-14(12-17(24)25)18(26)22-15-7-10-23(11-8-15)19(27)16-6-4-5-9-21-16/h4-6,9,14-15H,7-8,10-13H2,1-3H3,(H,22,26). The molecule has 2 saturated heterocycles. The van der Waals surface area contributed by atoms with Crippen molar-refractivity contribution >= 4 is 17.7 Å². The van der Waals surface area contributed by atoms with Crippen molar-refractivity contribution < 1.29 is 14.4 Å². The quantitative estimate of drug-likeness (QED) is 0.871. The van der Waals surface area contributed by atoms with Gasteiger partial charge in [-0.05, 0) is 45.7 Å². The monoisotopic (exact) mass is 372 g/mol. The Kier molecular flexibility index (Phi) is 5.48. The Balaban J connectivity index is 1.49. The molecule has 0 aromatic carbocycles. The van der Waals surface area contributed by atoms with E-state index in [9.17, 15) is 14.4 Å². The second kappa shape index (κ2) is 7.66. The zero-order chi connectivity index (χ0) is 19.6. The minimum absolute atomic E-state index is 0.0402. The molecule has 7 nitrogen and oxygen atoms in total. The van der Waals surface area contributed by atoms with E-state index >= 15 is 0 Å². The van der Waals surface area contributed by atoms with Gasteiger partial charge in [0.1, 0.15) is 5.69 Å². The lowest BCUT2D eigenvalue weighted by Crippen LogP contribution is -2.48. The van der Waals surface area contributed by atoms with Crippen molar-refractivity contribution in [2.75, 3.05) is 19.6 Å². The molecule has 1 unspecified atom stereocenters. The van der Waals surface area contributed by atoms with Gasteiger partial charge >= 0.3 is 0 Å². The van der Waals surface area contributed by atoms with Crippen LogP contribution in [0.2, 0.25) is 0 Å². The van der Waals surface area contributed by atoms with Gasteiger partial charge in [-0.2, -0.15) is 0 Å². The Hall–Kier alpha value is -2.44. The maximum atomic E-state index is 12.6. The van der Waals surface area contributed by atoms with E-state index in [0.29, 0.717) is 38.2 Å². The number of likely N-dealkylation sites (tertiary alicyclic amines) is 2. The number of nitrogens with zero attached hydrogens (tertiary/aromatic N) is 3. The third-order valence-corrected chi connectivity index (χ3v) is 5.32. The Morgan fingerprint density at radius 3 is 2.44 bits per heavy atom. The van der Waals surface area contributed by atoms with E-state index in [1.165, 1.54) is 0 Å². The average molecular weight is 372 g/mol. The normalized spacial score (nSPS) is 21.4. The predicted octanol–water partition coefficient (Wildman–Crippen LogP) is 1.45. The van der Waals surface area contributed by atoms with E-state index in [4.69, 9.17) is 0 Å². The molecule has 0 radical (unpaired) electrons. The Morgan fingerprint density at radius 2 is 1.89 bits per heavy atom. The van der Waals surface area contributed by atoms with Crippen LogP contribution in [-0.2, 0) is 9.59 Å². The molecule has 0 bridgehead atoms. The molecule has 0 saturated carbocycles. The van der Waals surface area contributed by atoms with Crippen LogP contribution in [0.3, 0.4) is 0 Å². The van der Waals surface area contributed by atoms with Gasteiger partial charge in [0.2, 0.25) is 11.8 Å². The molecule has 0 spiro atoms. The maximum absolute atomic E-state index is 12.6. The van der Waals surface area contributed by atoms with Gasteiger partial charge in [-0.1, -0.05) is 6.07 Å². The predicted molar refractivity (Wildman–Crippen MR) is 101 cm³/mol. The highest BCUT2D eigenvalue weighted by molar-refractivity contribution is 5.92. The molecule has 3 heterocycles. The van der Waals surface area contributed by atoms with Gasteiger partial charge in [0.05, 0.1) is 5.92 Å². The average Bonchev–Trinajstić information content (AvgIpc) is 3.05. The summed E-state index contributed by atoms with van der Waals surface area (Å²) in [5.41, 5.74) is 0.190. The first-order chi connectivity index (χ1) is 12.8. The number of carbonyl (C=O) groups is 3. The number of piperidine rings is 1. The van der Waals surface area contributed by atoms with Gasteiger partial charge in [0.15, 0.2) is 0 Å². The maximum Gasteiger partial charge on any atom is 0.272 e. The Labute approximate surface area is 160 Å². The molecule has 0 aliphatic carbocycles. The number of hydrogen-bond donors (Lipinski definition) is 1. The fourth-order valence-electron chi connectivity index (χ4n) is 3.73. The first kappa shape index (κ1) is 19.3. The molecule has 146 valence electrons. The summed E-state index contributed by atoms with van der Waals surface area (Å²) in [6.45, 7) is 7.62. The molecular formula is C20H28N4O3. The van der Waals surface area contributed by atoms with Crippen molar-refractivity contribution in [2.24, 2.45) is 5.92 Å². The van der Waals surface area contributed by atoms with Gasteiger partial charge in [-0.15, -0.1) is 0 Å². The lowest BCUT2D eigenvalue weighted by Gasteiger charge is -2.33. The largest absolute Gasteiger partial charge is 0.353 e. The Morgan fingerprint density at radius 1 is 1.19 bits per heavy atom. The molecule has 7 heteroatoms. The first-order valence-corrected chi connectivity index (χ1v) is 9.57. The van der Waals surface area contributed by atoms with E-state index in [-0.39, 0.29) is 41.6 Å². The number of hydrogen-bond acceptors (Lipinski definition) is 4. The van der Waals surface area contributed by atoms with E-state index in [1.54, 1.807) is 34.2 Å². The first-order valence-electron chi connectivity index (χ1n) is 9.57. The second-order valence-corrected chi connectivity index (χ2v) is 8.37. The van der Waals surface area contributed by atoms with E-state index in [1.807, 2.05) is 20.8 Å². The summed E-state index contributed by atoms with van der Waals surface area (Å²) >= 11 is 0. The molecule has 2 aliphatic rings. The van der Waals surface area contributed by atoms with Crippen LogP contribution in [0.15, 0.2) is 24.4 Å². The third kappa shape index (κ3) is 4.46. The van der Waals surface area contributed by atoms with Crippen LogP contribution in [0.1, 0.15) is 50.5 Å². The number of amides is 3. The van der Waals surface area contributed by atoms with Crippen molar-refractivity contribution in [3.05, 3.63) is 30.1 Å². The fourth-order valence-corrected chi connectivity index (χ4v) is 3.73. The van der Waals surface area contributed by atoms with Crippen LogP contribution in [0.4, 0.5) is 0 Å². The van der Waals surface area contributed by atoms with Gasteiger partial charge in [-0.3, -0.25) is 19.4 Å². The van der Waals surface area contributed by atoms with Crippen LogP contribution < -0.4 is 5.32 Å². The summed E-state index contributed by atoms with van der Waals surface area (Å²) in [5, 5.41) is 3.08. The highest BCUT2D eigenvalue weighted by atomic mass is 16.2. The molecule has 1 atom stereocenters. The molecular weight excluding hydrogens is 344 g/mol. The summed E-state index contributed by atoms with van der Waals surface area (Å²) < 4.78 is 0. The van der Waals surface area contributed by atoms with Crippen LogP contribution in [-0.4, -0.2) is 63.7 Å².